The second-order valence-electron chi connectivity index (χ2n) is 6.97. The Labute approximate surface area is 169 Å². The predicted molar refractivity (Wildman–Crippen MR) is 107 cm³/mol. The fourth-order valence-corrected chi connectivity index (χ4v) is 3.30. The van der Waals surface area contributed by atoms with Crippen LogP contribution < -0.4 is 5.56 Å². The highest BCUT2D eigenvalue weighted by Crippen LogP contribution is 2.21. The topological polar surface area (TPSA) is 122 Å². The summed E-state index contributed by atoms with van der Waals surface area (Å²) in [4.78, 5) is 35.6. The number of nitro benzene ring substituents is 1. The summed E-state index contributed by atoms with van der Waals surface area (Å²) in [5.41, 5.74) is 1.68. The van der Waals surface area contributed by atoms with Crippen LogP contribution in [0.3, 0.4) is 0 Å². The van der Waals surface area contributed by atoms with Gasteiger partial charge in [0.2, 0.25) is 5.78 Å². The zero-order chi connectivity index (χ0) is 21.6. The van der Waals surface area contributed by atoms with Crippen LogP contribution >= 0.6 is 0 Å². The van der Waals surface area contributed by atoms with Gasteiger partial charge < -0.3 is 4.74 Å². The first-order chi connectivity index (χ1) is 14.3. The zero-order valence-corrected chi connectivity index (χ0v) is 16.4. The maximum atomic E-state index is 12.6. The molecule has 0 unspecified atom stereocenters. The molecule has 4 rings (SSSR count). The Kier molecular flexibility index (Phi) is 4.53. The van der Waals surface area contributed by atoms with Crippen molar-refractivity contribution in [2.24, 2.45) is 7.05 Å². The van der Waals surface area contributed by atoms with Crippen LogP contribution in [-0.4, -0.2) is 30.1 Å². The molecule has 0 amide bonds. The first kappa shape index (κ1) is 19.2. The number of nitro groups is 1. The summed E-state index contributed by atoms with van der Waals surface area (Å²) in [7, 11) is 1.59. The highest BCUT2D eigenvalue weighted by molar-refractivity contribution is 5.90. The maximum absolute atomic E-state index is 12.6. The predicted octanol–water partition coefficient (Wildman–Crippen LogP) is 2.46. The van der Waals surface area contributed by atoms with Crippen LogP contribution in [0.25, 0.3) is 16.7 Å². The van der Waals surface area contributed by atoms with E-state index >= 15 is 0 Å². The molecule has 0 aliphatic heterocycles. The highest BCUT2D eigenvalue weighted by atomic mass is 16.6. The fraction of sp³-hybridized carbons (Fsp3) is 0.200. The van der Waals surface area contributed by atoms with Gasteiger partial charge in [-0.25, -0.2) is 4.79 Å². The van der Waals surface area contributed by atoms with E-state index in [2.05, 4.69) is 10.2 Å². The number of hydrogen-bond donors (Lipinski definition) is 0. The van der Waals surface area contributed by atoms with Crippen molar-refractivity contribution in [3.05, 3.63) is 79.4 Å². The van der Waals surface area contributed by atoms with Crippen molar-refractivity contribution in [3.8, 4) is 0 Å². The molecule has 0 fully saturated rings. The van der Waals surface area contributed by atoms with Crippen LogP contribution in [-0.2, 0) is 18.4 Å². The van der Waals surface area contributed by atoms with Gasteiger partial charge in [-0.3, -0.25) is 23.9 Å². The van der Waals surface area contributed by atoms with Crippen LogP contribution in [0.2, 0.25) is 0 Å². The molecular weight excluding hydrogens is 390 g/mol. The molecule has 30 heavy (non-hydrogen) atoms. The van der Waals surface area contributed by atoms with Gasteiger partial charge in [-0.2, -0.15) is 0 Å². The highest BCUT2D eigenvalue weighted by Gasteiger charge is 2.19. The Bertz CT molecular complexity index is 1400. The molecule has 10 heteroatoms. The number of carbonyl (C=O) groups is 1. The number of aryl methyl sites for hydroxylation is 3. The van der Waals surface area contributed by atoms with Crippen molar-refractivity contribution in [2.45, 2.75) is 20.5 Å². The van der Waals surface area contributed by atoms with Crippen molar-refractivity contribution in [3.63, 3.8) is 0 Å². The molecular formula is C20H17N5O5. The molecule has 0 radical (unpaired) electrons. The second-order valence-corrected chi connectivity index (χ2v) is 6.97. The third-order valence-corrected chi connectivity index (χ3v) is 4.91. The van der Waals surface area contributed by atoms with Gasteiger partial charge in [0.15, 0.2) is 12.4 Å². The Balaban J connectivity index is 1.71. The van der Waals surface area contributed by atoms with Crippen molar-refractivity contribution < 1.29 is 14.5 Å². The fourth-order valence-electron chi connectivity index (χ4n) is 3.30. The second kappa shape index (κ2) is 7.07. The number of rotatable bonds is 4. The van der Waals surface area contributed by atoms with Gasteiger partial charge in [0.25, 0.3) is 11.2 Å². The normalized spacial score (nSPS) is 11.2. The van der Waals surface area contributed by atoms with Crippen molar-refractivity contribution >= 4 is 28.3 Å². The van der Waals surface area contributed by atoms with Crippen molar-refractivity contribution in [2.75, 3.05) is 0 Å². The SMILES string of the molecule is Cc1ccc2c(c1)c(=O)n(C)c1nnc(COC(=O)c3ccc(C)c([N+](=O)[O-])c3)n21. The Morgan fingerprint density at radius 1 is 1.17 bits per heavy atom. The number of nitrogens with zero attached hydrogens (tertiary/aromatic N) is 5. The molecule has 2 aromatic heterocycles. The third-order valence-electron chi connectivity index (χ3n) is 4.91. The van der Waals surface area contributed by atoms with E-state index in [1.54, 1.807) is 30.5 Å². The summed E-state index contributed by atoms with van der Waals surface area (Å²) in [5, 5.41) is 19.7. The van der Waals surface area contributed by atoms with E-state index in [1.165, 1.54) is 22.8 Å². The van der Waals surface area contributed by atoms with Crippen molar-refractivity contribution in [1.29, 1.82) is 0 Å². The van der Waals surface area contributed by atoms with E-state index in [9.17, 15) is 19.7 Å². The van der Waals surface area contributed by atoms with Crippen LogP contribution in [0.4, 0.5) is 5.69 Å². The summed E-state index contributed by atoms with van der Waals surface area (Å²) in [6.07, 6.45) is 0. The van der Waals surface area contributed by atoms with Crippen molar-refractivity contribution in [1.82, 2.24) is 19.2 Å². The lowest BCUT2D eigenvalue weighted by Crippen LogP contribution is -2.20. The first-order valence-corrected chi connectivity index (χ1v) is 9.03. The van der Waals surface area contributed by atoms with E-state index < -0.39 is 10.9 Å². The minimum atomic E-state index is -0.722. The number of hydrogen-bond acceptors (Lipinski definition) is 7. The van der Waals surface area contributed by atoms with Gasteiger partial charge in [0, 0.05) is 18.7 Å². The van der Waals surface area contributed by atoms with Crippen LogP contribution in [0.15, 0.2) is 41.2 Å². The average Bonchev–Trinajstić information content (AvgIpc) is 3.14. The number of esters is 1. The summed E-state index contributed by atoms with van der Waals surface area (Å²) in [6.45, 7) is 3.26. The Morgan fingerprint density at radius 3 is 2.67 bits per heavy atom. The molecule has 2 heterocycles. The van der Waals surface area contributed by atoms with Gasteiger partial charge >= 0.3 is 5.97 Å². The maximum Gasteiger partial charge on any atom is 0.338 e. The summed E-state index contributed by atoms with van der Waals surface area (Å²) >= 11 is 0. The third kappa shape index (κ3) is 3.08. The zero-order valence-electron chi connectivity index (χ0n) is 16.4. The van der Waals surface area contributed by atoms with Crippen LogP contribution in [0.1, 0.15) is 27.3 Å². The van der Waals surface area contributed by atoms with Gasteiger partial charge in [0.1, 0.15) is 0 Å². The van der Waals surface area contributed by atoms with Gasteiger partial charge in [-0.1, -0.05) is 17.7 Å². The molecule has 0 aliphatic carbocycles. The largest absolute Gasteiger partial charge is 0.454 e. The molecule has 0 saturated heterocycles. The molecule has 4 aromatic rings. The summed E-state index contributed by atoms with van der Waals surface area (Å²) < 4.78 is 8.36. The lowest BCUT2D eigenvalue weighted by molar-refractivity contribution is -0.385. The lowest BCUT2D eigenvalue weighted by atomic mass is 10.1. The van der Waals surface area contributed by atoms with E-state index in [0.29, 0.717) is 28.1 Å². The standard InChI is InChI=1S/C20H17N5O5/c1-11-4-7-15-14(8-11)18(26)23(3)20-22-21-17(24(15)20)10-30-19(27)13-6-5-12(2)16(9-13)25(28)29/h4-9H,10H2,1-3H3. The minimum absolute atomic E-state index is 0.0639. The molecule has 0 aliphatic rings. The lowest BCUT2D eigenvalue weighted by Gasteiger charge is -2.09. The van der Waals surface area contributed by atoms with E-state index in [-0.39, 0.29) is 23.4 Å². The average molecular weight is 407 g/mol. The number of ether oxygens (including phenoxy) is 1. The van der Waals surface area contributed by atoms with E-state index in [4.69, 9.17) is 4.74 Å². The monoisotopic (exact) mass is 407 g/mol. The minimum Gasteiger partial charge on any atom is -0.454 e. The number of aromatic nitrogens is 4. The Hall–Kier alpha value is -4.08. The first-order valence-electron chi connectivity index (χ1n) is 9.03. The smallest absolute Gasteiger partial charge is 0.338 e. The van der Waals surface area contributed by atoms with Crippen LogP contribution in [0, 0.1) is 24.0 Å². The number of fused-ring (bicyclic) bond motifs is 3. The number of benzene rings is 2. The summed E-state index contributed by atoms with van der Waals surface area (Å²) in [5.74, 6) is -0.0855. The van der Waals surface area contributed by atoms with E-state index in [1.807, 2.05) is 13.0 Å². The number of carbonyl (C=O) groups excluding carboxylic acids is 1. The molecule has 152 valence electrons. The van der Waals surface area contributed by atoms with Crippen LogP contribution in [0.5, 0.6) is 0 Å². The summed E-state index contributed by atoms with van der Waals surface area (Å²) in [6, 6.07) is 9.57. The van der Waals surface area contributed by atoms with E-state index in [0.717, 1.165) is 5.56 Å². The molecule has 0 spiro atoms. The molecule has 0 saturated carbocycles. The van der Waals surface area contributed by atoms with Gasteiger partial charge in [-0.15, -0.1) is 10.2 Å². The molecule has 0 bridgehead atoms. The molecule has 0 N–H and O–H groups in total. The van der Waals surface area contributed by atoms with Gasteiger partial charge in [-0.05, 0) is 32.0 Å². The Morgan fingerprint density at radius 2 is 1.93 bits per heavy atom. The molecule has 10 nitrogen and oxygen atoms in total. The van der Waals surface area contributed by atoms with Gasteiger partial charge in [0.05, 0.1) is 21.4 Å². The molecule has 2 aromatic carbocycles. The quantitative estimate of drug-likeness (QED) is 0.289. The molecule has 0 atom stereocenters.